The molecular weight excluding hydrogens is 180 g/mol. The quantitative estimate of drug-likeness (QED) is 0.308. The highest BCUT2D eigenvalue weighted by Gasteiger charge is 2.49. The molecule has 0 aromatic rings. The summed E-state index contributed by atoms with van der Waals surface area (Å²) in [4.78, 5) is 0. The van der Waals surface area contributed by atoms with Gasteiger partial charge in [-0.25, -0.2) is 0 Å². The zero-order valence-corrected chi connectivity index (χ0v) is 7.16. The van der Waals surface area contributed by atoms with Gasteiger partial charge in [0.1, 0.15) is 24.4 Å². The van der Waals surface area contributed by atoms with Crippen LogP contribution in [0.2, 0.25) is 0 Å². The van der Waals surface area contributed by atoms with Crippen molar-refractivity contribution in [3.8, 4) is 0 Å². The summed E-state index contributed by atoms with van der Waals surface area (Å²) in [6.07, 6.45) is -5.61. The molecule has 0 saturated carbocycles. The maximum Gasteiger partial charge on any atom is 0.192 e. The SMILES string of the molecule is CC1(O)O[C@H](CO)[C@@H](O)[C@H](O)[C@H]1O. The smallest absolute Gasteiger partial charge is 0.192 e. The highest BCUT2D eigenvalue weighted by Crippen LogP contribution is 2.27. The third-order valence-corrected chi connectivity index (χ3v) is 2.17. The normalized spacial score (nSPS) is 52.2. The number of hydrogen-bond donors (Lipinski definition) is 5. The molecule has 1 fully saturated rings. The van der Waals surface area contributed by atoms with Crippen molar-refractivity contribution < 1.29 is 30.3 Å². The van der Waals surface area contributed by atoms with Crippen molar-refractivity contribution in [2.24, 2.45) is 0 Å². The van der Waals surface area contributed by atoms with E-state index in [0.717, 1.165) is 6.92 Å². The molecule has 5 N–H and O–H groups in total. The number of hydrogen-bond acceptors (Lipinski definition) is 6. The Kier molecular flexibility index (Phi) is 2.91. The van der Waals surface area contributed by atoms with Gasteiger partial charge in [0.25, 0.3) is 0 Å². The van der Waals surface area contributed by atoms with Crippen LogP contribution in [0.15, 0.2) is 0 Å². The molecule has 1 aliphatic heterocycles. The van der Waals surface area contributed by atoms with E-state index in [-0.39, 0.29) is 0 Å². The lowest BCUT2D eigenvalue weighted by Crippen LogP contribution is -2.63. The Morgan fingerprint density at radius 3 is 2.23 bits per heavy atom. The summed E-state index contributed by atoms with van der Waals surface area (Å²) in [5, 5.41) is 45.8. The maximum atomic E-state index is 9.38. The third kappa shape index (κ3) is 1.83. The maximum absolute atomic E-state index is 9.38. The second kappa shape index (κ2) is 3.49. The molecule has 0 bridgehead atoms. The Labute approximate surface area is 75.0 Å². The zero-order valence-electron chi connectivity index (χ0n) is 7.16. The van der Waals surface area contributed by atoms with Crippen molar-refractivity contribution in [2.45, 2.75) is 37.1 Å². The van der Waals surface area contributed by atoms with E-state index in [4.69, 9.17) is 9.84 Å². The van der Waals surface area contributed by atoms with Crippen molar-refractivity contribution in [1.29, 1.82) is 0 Å². The van der Waals surface area contributed by atoms with E-state index in [9.17, 15) is 20.4 Å². The van der Waals surface area contributed by atoms with E-state index in [1.165, 1.54) is 0 Å². The molecule has 6 heteroatoms. The molecule has 0 amide bonds. The van der Waals surface area contributed by atoms with Crippen LogP contribution in [-0.4, -0.2) is 62.3 Å². The van der Waals surface area contributed by atoms with Crippen LogP contribution in [0.4, 0.5) is 0 Å². The van der Waals surface area contributed by atoms with E-state index >= 15 is 0 Å². The molecule has 0 radical (unpaired) electrons. The Morgan fingerprint density at radius 2 is 1.77 bits per heavy atom. The first-order valence-electron chi connectivity index (χ1n) is 3.95. The van der Waals surface area contributed by atoms with E-state index in [1.807, 2.05) is 0 Å². The van der Waals surface area contributed by atoms with Crippen LogP contribution in [0.3, 0.4) is 0 Å². The highest BCUT2D eigenvalue weighted by molar-refractivity contribution is 4.93. The fourth-order valence-electron chi connectivity index (χ4n) is 1.31. The Balaban J connectivity index is 2.79. The van der Waals surface area contributed by atoms with Gasteiger partial charge in [0.05, 0.1) is 6.61 Å². The number of ether oxygens (including phenoxy) is 1. The number of aliphatic hydroxyl groups is 5. The molecule has 0 aliphatic carbocycles. The van der Waals surface area contributed by atoms with Crippen LogP contribution in [-0.2, 0) is 4.74 Å². The first-order valence-corrected chi connectivity index (χ1v) is 3.95. The van der Waals surface area contributed by atoms with Crippen molar-refractivity contribution in [3.05, 3.63) is 0 Å². The summed E-state index contributed by atoms with van der Waals surface area (Å²) in [7, 11) is 0. The first kappa shape index (κ1) is 10.8. The van der Waals surface area contributed by atoms with Gasteiger partial charge in [0.2, 0.25) is 0 Å². The lowest BCUT2D eigenvalue weighted by Gasteiger charge is -2.43. The Hall–Kier alpha value is -0.240. The van der Waals surface area contributed by atoms with Crippen molar-refractivity contribution in [1.82, 2.24) is 0 Å². The summed E-state index contributed by atoms with van der Waals surface area (Å²) in [6, 6.07) is 0. The lowest BCUT2D eigenvalue weighted by atomic mass is 9.94. The highest BCUT2D eigenvalue weighted by atomic mass is 16.7. The van der Waals surface area contributed by atoms with Crippen LogP contribution in [0.1, 0.15) is 6.92 Å². The fraction of sp³-hybridized carbons (Fsp3) is 1.00. The molecule has 1 unspecified atom stereocenters. The minimum Gasteiger partial charge on any atom is -0.394 e. The van der Waals surface area contributed by atoms with Gasteiger partial charge in [-0.3, -0.25) is 0 Å². The fourth-order valence-corrected chi connectivity index (χ4v) is 1.31. The monoisotopic (exact) mass is 194 g/mol. The second-order valence-electron chi connectivity index (χ2n) is 3.32. The second-order valence-corrected chi connectivity index (χ2v) is 3.32. The summed E-state index contributed by atoms with van der Waals surface area (Å²) < 4.78 is 4.76. The Bertz CT molecular complexity index is 180. The summed E-state index contributed by atoms with van der Waals surface area (Å²) in [6.45, 7) is 0.608. The summed E-state index contributed by atoms with van der Waals surface area (Å²) in [5.41, 5.74) is 0. The molecule has 0 spiro atoms. The number of rotatable bonds is 1. The molecule has 1 saturated heterocycles. The van der Waals surface area contributed by atoms with Crippen molar-refractivity contribution in [2.75, 3.05) is 6.61 Å². The molecule has 1 aliphatic rings. The molecule has 0 aromatic heterocycles. The van der Waals surface area contributed by atoms with Crippen LogP contribution in [0.25, 0.3) is 0 Å². The zero-order chi connectivity index (χ0) is 10.2. The van der Waals surface area contributed by atoms with Gasteiger partial charge in [-0.15, -0.1) is 0 Å². The summed E-state index contributed by atoms with van der Waals surface area (Å²) in [5.74, 6) is -1.95. The molecule has 78 valence electrons. The van der Waals surface area contributed by atoms with Gasteiger partial charge in [-0.2, -0.15) is 0 Å². The molecule has 5 atom stereocenters. The number of aliphatic hydroxyl groups excluding tert-OH is 4. The van der Waals surface area contributed by atoms with Crippen LogP contribution >= 0.6 is 0 Å². The van der Waals surface area contributed by atoms with Gasteiger partial charge in [0, 0.05) is 0 Å². The third-order valence-electron chi connectivity index (χ3n) is 2.17. The molecule has 1 heterocycles. The van der Waals surface area contributed by atoms with Gasteiger partial charge < -0.3 is 30.3 Å². The Morgan fingerprint density at radius 1 is 1.23 bits per heavy atom. The van der Waals surface area contributed by atoms with Gasteiger partial charge >= 0.3 is 0 Å². The van der Waals surface area contributed by atoms with E-state index in [0.29, 0.717) is 0 Å². The average molecular weight is 194 g/mol. The van der Waals surface area contributed by atoms with Gasteiger partial charge in [0.15, 0.2) is 5.79 Å². The minimum atomic E-state index is -1.95. The topological polar surface area (TPSA) is 110 Å². The predicted molar refractivity (Wildman–Crippen MR) is 40.6 cm³/mol. The van der Waals surface area contributed by atoms with Crippen LogP contribution in [0.5, 0.6) is 0 Å². The van der Waals surface area contributed by atoms with Gasteiger partial charge in [-0.05, 0) is 6.92 Å². The molecule has 13 heavy (non-hydrogen) atoms. The largest absolute Gasteiger partial charge is 0.394 e. The van der Waals surface area contributed by atoms with Crippen molar-refractivity contribution in [3.63, 3.8) is 0 Å². The van der Waals surface area contributed by atoms with E-state index in [1.54, 1.807) is 0 Å². The molecule has 1 rings (SSSR count). The van der Waals surface area contributed by atoms with Crippen LogP contribution < -0.4 is 0 Å². The summed E-state index contributed by atoms with van der Waals surface area (Å²) >= 11 is 0. The predicted octanol–water partition coefficient (Wildman–Crippen LogP) is -2.83. The minimum absolute atomic E-state index is 0.541. The standard InChI is InChI=1S/C7H14O6/c1-7(12)6(11)5(10)4(9)3(2-8)13-7/h3-6,8-12H,2H2,1H3/t3-,4-,5+,6-,7?/m1/s1. The van der Waals surface area contributed by atoms with Gasteiger partial charge in [-0.1, -0.05) is 0 Å². The molecular formula is C7H14O6. The van der Waals surface area contributed by atoms with Crippen LogP contribution in [0, 0.1) is 0 Å². The van der Waals surface area contributed by atoms with E-state index in [2.05, 4.69) is 0 Å². The first-order chi connectivity index (χ1) is 5.90. The molecule has 6 nitrogen and oxygen atoms in total. The lowest BCUT2D eigenvalue weighted by molar-refractivity contribution is -0.341. The average Bonchev–Trinajstić information content (AvgIpc) is 2.08. The van der Waals surface area contributed by atoms with E-state index < -0.39 is 36.8 Å². The van der Waals surface area contributed by atoms with Crippen molar-refractivity contribution >= 4 is 0 Å². The molecule has 0 aromatic carbocycles.